The first-order valence-corrected chi connectivity index (χ1v) is 18.9. The van der Waals surface area contributed by atoms with E-state index in [-0.39, 0.29) is 44.7 Å². The lowest BCUT2D eigenvalue weighted by atomic mass is 9.34. The number of carboxylic acids is 1. The number of carboxylic acid groups (broad SMARTS) is 1. The number of phenolic OH excluding ortho intramolecular Hbond substituents is 2. The number of benzene rings is 2. The number of furan rings is 1. The normalized spacial score (nSPS) is 32.2. The second-order valence-corrected chi connectivity index (χ2v) is 17.9. The van der Waals surface area contributed by atoms with Crippen molar-refractivity contribution in [2.75, 3.05) is 7.11 Å². The van der Waals surface area contributed by atoms with Crippen molar-refractivity contribution in [2.24, 2.45) is 27.6 Å². The summed E-state index contributed by atoms with van der Waals surface area (Å²) in [6, 6.07) is 8.61. The number of ether oxygens (including phenoxy) is 1. The lowest BCUT2D eigenvalue weighted by Crippen LogP contribution is -2.62. The van der Waals surface area contributed by atoms with Gasteiger partial charge in [0.05, 0.1) is 17.9 Å². The summed E-state index contributed by atoms with van der Waals surface area (Å²) in [5, 5.41) is 32.7. The molecule has 52 heavy (non-hydrogen) atoms. The van der Waals surface area contributed by atoms with Crippen molar-refractivity contribution in [3.63, 3.8) is 0 Å². The Balaban J connectivity index is 0.000000187. The maximum absolute atomic E-state index is 12.3. The van der Waals surface area contributed by atoms with Crippen molar-refractivity contribution in [3.05, 3.63) is 74.9 Å². The highest BCUT2D eigenvalue weighted by atomic mass is 16.5. The van der Waals surface area contributed by atoms with Crippen LogP contribution in [0.5, 0.6) is 17.2 Å². The van der Waals surface area contributed by atoms with E-state index in [2.05, 4.69) is 33.8 Å². The Hall–Kier alpha value is -4.20. The highest BCUT2D eigenvalue weighted by Crippen LogP contribution is 2.74. The molecule has 0 bridgehead atoms. The lowest BCUT2D eigenvalue weighted by molar-refractivity contribution is -0.177. The third-order valence-electron chi connectivity index (χ3n) is 14.7. The fourth-order valence-electron chi connectivity index (χ4n) is 11.1. The molecule has 8 rings (SSSR count). The highest BCUT2D eigenvalue weighted by molar-refractivity contribution is 5.97. The SMILES string of the molecule is COc1c(C(C)C)oc2cc3oc(=O)ccc3cc12.Cc1c(O)c(O)cc2c1CC=C1C2(C)CCC2(C)C3CC(C)(C(=O)O)CCC3(C)CCC12C. The maximum Gasteiger partial charge on any atom is 0.336 e. The van der Waals surface area contributed by atoms with E-state index >= 15 is 0 Å². The van der Waals surface area contributed by atoms with E-state index in [4.69, 9.17) is 13.6 Å². The van der Waals surface area contributed by atoms with Gasteiger partial charge >= 0.3 is 11.6 Å². The van der Waals surface area contributed by atoms with Crippen LogP contribution in [0.1, 0.15) is 122 Å². The Morgan fingerprint density at radius 2 is 1.63 bits per heavy atom. The zero-order chi connectivity index (χ0) is 37.8. The molecule has 8 nitrogen and oxygen atoms in total. The molecular weight excluding hydrogens is 656 g/mol. The summed E-state index contributed by atoms with van der Waals surface area (Å²) in [6.07, 6.45) is 10.0. The van der Waals surface area contributed by atoms with Crippen LogP contribution in [0.15, 0.2) is 55.6 Å². The van der Waals surface area contributed by atoms with Crippen molar-refractivity contribution in [1.82, 2.24) is 0 Å². The third kappa shape index (κ3) is 5.06. The molecule has 0 saturated heterocycles. The first-order valence-electron chi connectivity index (χ1n) is 18.9. The average Bonchev–Trinajstić information content (AvgIpc) is 3.46. The Morgan fingerprint density at radius 1 is 0.923 bits per heavy atom. The van der Waals surface area contributed by atoms with Crippen LogP contribution in [0.3, 0.4) is 0 Å². The predicted molar refractivity (Wildman–Crippen MR) is 202 cm³/mol. The number of aromatic hydroxyl groups is 2. The van der Waals surface area contributed by atoms with Crippen molar-refractivity contribution in [2.45, 2.75) is 118 Å². The van der Waals surface area contributed by atoms with E-state index in [1.165, 1.54) is 17.2 Å². The Kier molecular flexibility index (Phi) is 8.28. The molecular formula is C44H54O8. The van der Waals surface area contributed by atoms with Gasteiger partial charge in [-0.1, -0.05) is 53.2 Å². The number of phenols is 2. The van der Waals surface area contributed by atoms with Crippen molar-refractivity contribution >= 4 is 27.9 Å². The Morgan fingerprint density at radius 3 is 2.31 bits per heavy atom. The fraction of sp³-hybridized carbons (Fsp3) is 0.545. The minimum absolute atomic E-state index is 0.00431. The number of carbonyl (C=O) groups is 1. The minimum atomic E-state index is -0.641. The molecule has 4 aliphatic rings. The molecule has 0 aliphatic heterocycles. The van der Waals surface area contributed by atoms with Gasteiger partial charge in [0.25, 0.3) is 0 Å². The smallest absolute Gasteiger partial charge is 0.336 e. The van der Waals surface area contributed by atoms with Crippen LogP contribution in [0, 0.1) is 34.5 Å². The van der Waals surface area contributed by atoms with Gasteiger partial charge in [0.15, 0.2) is 17.2 Å². The van der Waals surface area contributed by atoms with Gasteiger partial charge in [-0.3, -0.25) is 4.79 Å². The van der Waals surface area contributed by atoms with E-state index in [9.17, 15) is 24.9 Å². The summed E-state index contributed by atoms with van der Waals surface area (Å²) in [6.45, 7) is 17.6. The van der Waals surface area contributed by atoms with E-state index in [1.54, 1.807) is 19.2 Å². The molecule has 2 aromatic heterocycles. The first kappa shape index (κ1) is 36.2. The Bertz CT molecular complexity index is 2200. The quantitative estimate of drug-likeness (QED) is 0.109. The molecule has 3 N–H and O–H groups in total. The van der Waals surface area contributed by atoms with Gasteiger partial charge in [-0.25, -0.2) is 4.79 Å². The van der Waals surface area contributed by atoms with Crippen LogP contribution in [0.2, 0.25) is 0 Å². The molecule has 0 amide bonds. The fourth-order valence-corrected chi connectivity index (χ4v) is 11.1. The third-order valence-corrected chi connectivity index (χ3v) is 14.7. The summed E-state index contributed by atoms with van der Waals surface area (Å²) in [7, 11) is 1.63. The second-order valence-electron chi connectivity index (χ2n) is 17.9. The molecule has 278 valence electrons. The molecule has 2 heterocycles. The summed E-state index contributed by atoms with van der Waals surface area (Å²) in [4.78, 5) is 23.5. The van der Waals surface area contributed by atoms with Crippen molar-refractivity contribution in [3.8, 4) is 17.2 Å². The molecule has 4 aromatic rings. The number of methoxy groups -OCH3 is 1. The second kappa shape index (κ2) is 11.9. The number of aliphatic carboxylic acids is 1. The average molecular weight is 711 g/mol. The number of hydrogen-bond acceptors (Lipinski definition) is 7. The predicted octanol–water partition coefficient (Wildman–Crippen LogP) is 10.3. The number of rotatable bonds is 3. The van der Waals surface area contributed by atoms with Gasteiger partial charge in [0, 0.05) is 28.9 Å². The Labute approximate surface area is 305 Å². The van der Waals surface area contributed by atoms with E-state index in [0.29, 0.717) is 17.1 Å². The van der Waals surface area contributed by atoms with Gasteiger partial charge < -0.3 is 28.9 Å². The van der Waals surface area contributed by atoms with Crippen molar-refractivity contribution in [1.29, 1.82) is 0 Å². The molecule has 4 aliphatic carbocycles. The van der Waals surface area contributed by atoms with Crippen LogP contribution in [0.25, 0.3) is 21.9 Å². The van der Waals surface area contributed by atoms with Crippen LogP contribution < -0.4 is 10.4 Å². The molecule has 6 atom stereocenters. The highest BCUT2D eigenvalue weighted by Gasteiger charge is 2.67. The zero-order valence-electron chi connectivity index (χ0n) is 32.2. The first-order chi connectivity index (χ1) is 24.3. The molecule has 2 aromatic carbocycles. The molecule has 8 heteroatoms. The summed E-state index contributed by atoms with van der Waals surface area (Å²) < 4.78 is 16.4. The molecule has 3 saturated carbocycles. The van der Waals surface area contributed by atoms with Crippen LogP contribution >= 0.6 is 0 Å². The van der Waals surface area contributed by atoms with Crippen molar-refractivity contribution < 1.29 is 33.7 Å². The zero-order valence-corrected chi connectivity index (χ0v) is 32.2. The minimum Gasteiger partial charge on any atom is -0.504 e. The van der Waals surface area contributed by atoms with Gasteiger partial charge in [-0.15, -0.1) is 0 Å². The van der Waals surface area contributed by atoms with Crippen LogP contribution in [0.4, 0.5) is 0 Å². The summed E-state index contributed by atoms with van der Waals surface area (Å²) in [5.74, 6) is 1.49. The molecule has 3 fully saturated rings. The number of hydrogen-bond donors (Lipinski definition) is 3. The molecule has 0 spiro atoms. The maximum atomic E-state index is 12.3. The molecule has 6 unspecified atom stereocenters. The van der Waals surface area contributed by atoms with Crippen LogP contribution in [-0.2, 0) is 16.6 Å². The summed E-state index contributed by atoms with van der Waals surface area (Å²) in [5.41, 5.74) is 4.83. The topological polar surface area (TPSA) is 130 Å². The van der Waals surface area contributed by atoms with E-state index in [1.807, 2.05) is 39.8 Å². The number of allylic oxidation sites excluding steroid dienone is 2. The standard InChI is InChI=1S/C29H40O4.C15H14O4/c1-17-18-7-8-21-27(4,19(18)15-20(30)23(17)31)12-14-29(6)22-16-26(3,24(32)33)10-9-25(22,2)11-13-28(21,29)5;1-8(2)14-15(17-3)10-6-9-4-5-13(16)18-11(9)7-12(10)19-14/h8,15,22,30-31H,7,9-14,16H2,1-6H3,(H,32,33);4-8H,1-3H3. The largest absolute Gasteiger partial charge is 0.504 e. The van der Waals surface area contributed by atoms with Crippen LogP contribution in [-0.4, -0.2) is 28.4 Å². The number of fused-ring (bicyclic) bond motifs is 9. The van der Waals surface area contributed by atoms with Gasteiger partial charge in [0.1, 0.15) is 16.9 Å². The van der Waals surface area contributed by atoms with Gasteiger partial charge in [-0.05, 0) is 122 Å². The molecule has 0 radical (unpaired) electrons. The summed E-state index contributed by atoms with van der Waals surface area (Å²) >= 11 is 0. The lowest BCUT2D eigenvalue weighted by Gasteiger charge is -2.69. The van der Waals surface area contributed by atoms with E-state index < -0.39 is 11.4 Å². The monoisotopic (exact) mass is 710 g/mol. The van der Waals surface area contributed by atoms with Gasteiger partial charge in [0.2, 0.25) is 0 Å². The van der Waals surface area contributed by atoms with Gasteiger partial charge in [-0.2, -0.15) is 0 Å². The van der Waals surface area contributed by atoms with E-state index in [0.717, 1.165) is 84.8 Å².